The Kier molecular flexibility index (Phi) is 4.35. The maximum absolute atomic E-state index is 10.9. The van der Waals surface area contributed by atoms with Gasteiger partial charge in [-0.3, -0.25) is 10.1 Å². The topological polar surface area (TPSA) is 110 Å². The number of aliphatic hydroxyl groups is 1. The van der Waals surface area contributed by atoms with Crippen LogP contribution in [0.25, 0.3) is 0 Å². The summed E-state index contributed by atoms with van der Waals surface area (Å²) in [6.07, 6.45) is 0. The van der Waals surface area contributed by atoms with Gasteiger partial charge in [0.25, 0.3) is 5.69 Å². The van der Waals surface area contributed by atoms with Crippen LogP contribution in [-0.4, -0.2) is 32.0 Å². The summed E-state index contributed by atoms with van der Waals surface area (Å²) in [5.74, 6) is 0.0421. The Morgan fingerprint density at radius 2 is 2.19 bits per heavy atom. The number of nitro groups is 1. The van der Waals surface area contributed by atoms with E-state index in [-0.39, 0.29) is 29.5 Å². The molecule has 1 rings (SSSR count). The molecule has 2 N–H and O–H groups in total. The van der Waals surface area contributed by atoms with Gasteiger partial charge in [0.1, 0.15) is 17.3 Å². The first-order valence-corrected chi connectivity index (χ1v) is 5.30. The Morgan fingerprint density at radius 1 is 1.50 bits per heavy atom. The van der Waals surface area contributed by atoms with E-state index in [9.17, 15) is 14.3 Å². The lowest BCUT2D eigenvalue weighted by molar-refractivity contribution is -0.385. The third kappa shape index (κ3) is 2.99. The highest BCUT2D eigenvalue weighted by atomic mass is 32.2. The molecule has 0 bridgehead atoms. The maximum Gasteiger partial charge on any atom is 0.271 e. The van der Waals surface area contributed by atoms with E-state index in [1.165, 1.54) is 6.07 Å². The normalized spacial score (nSPS) is 12.1. The molecular weight excluding hydrogens is 238 g/mol. The lowest BCUT2D eigenvalue weighted by Gasteiger charge is -2.07. The molecule has 1 aromatic rings. The Bertz CT molecular complexity index is 421. The molecule has 0 heterocycles. The van der Waals surface area contributed by atoms with Crippen LogP contribution in [0.3, 0.4) is 0 Å². The summed E-state index contributed by atoms with van der Waals surface area (Å²) in [5.41, 5.74) is -0.297. The first kappa shape index (κ1) is 12.6. The molecule has 0 aliphatic heterocycles. The summed E-state index contributed by atoms with van der Waals surface area (Å²) in [4.78, 5) is 9.58. The maximum atomic E-state index is 10.9. The van der Waals surface area contributed by atoms with Crippen molar-refractivity contribution < 1.29 is 23.5 Å². The van der Waals surface area contributed by atoms with Crippen molar-refractivity contribution in [2.45, 2.75) is 4.90 Å². The Labute approximate surface area is 93.1 Å². The van der Waals surface area contributed by atoms with Gasteiger partial charge in [-0.15, -0.1) is 0 Å². The van der Waals surface area contributed by atoms with Crippen molar-refractivity contribution in [1.29, 1.82) is 0 Å². The molecule has 1 unspecified atom stereocenters. The largest absolute Gasteiger partial charge is 0.490 e. The number of rotatable bonds is 5. The number of hydrogen-bond acceptors (Lipinski definition) is 5. The molecule has 0 aliphatic carbocycles. The van der Waals surface area contributed by atoms with Gasteiger partial charge in [-0.1, -0.05) is 0 Å². The number of hydrogen-bond donors (Lipinski definition) is 2. The zero-order valence-corrected chi connectivity index (χ0v) is 8.85. The molecule has 0 fully saturated rings. The molecule has 0 spiro atoms. The molecule has 0 saturated heterocycles. The van der Waals surface area contributed by atoms with E-state index in [1.807, 2.05) is 0 Å². The van der Waals surface area contributed by atoms with Crippen LogP contribution in [0.5, 0.6) is 5.75 Å². The van der Waals surface area contributed by atoms with Crippen LogP contribution in [0, 0.1) is 10.1 Å². The first-order chi connectivity index (χ1) is 7.56. The molecule has 0 amide bonds. The second kappa shape index (κ2) is 5.54. The number of nitrogens with zero attached hydrogens (tertiary/aromatic N) is 1. The second-order valence-electron chi connectivity index (χ2n) is 2.71. The van der Waals surface area contributed by atoms with Crippen LogP contribution in [0.2, 0.25) is 0 Å². The van der Waals surface area contributed by atoms with Gasteiger partial charge < -0.3 is 14.4 Å². The average molecular weight is 247 g/mol. The molecule has 88 valence electrons. The summed E-state index contributed by atoms with van der Waals surface area (Å²) in [6.45, 7) is -0.309. The monoisotopic (exact) mass is 247 g/mol. The number of non-ortho nitro benzene ring substituents is 1. The SMILES string of the molecule is O=[N+]([O-])c1ccc(OCCO)c(S(=O)O)c1. The van der Waals surface area contributed by atoms with Gasteiger partial charge in [0, 0.05) is 12.1 Å². The van der Waals surface area contributed by atoms with Gasteiger partial charge in [-0.2, -0.15) is 0 Å². The molecule has 1 aromatic carbocycles. The fourth-order valence-electron chi connectivity index (χ4n) is 1.02. The summed E-state index contributed by atoms with van der Waals surface area (Å²) in [6, 6.07) is 3.34. The summed E-state index contributed by atoms with van der Waals surface area (Å²) < 4.78 is 24.8. The van der Waals surface area contributed by atoms with Crippen LogP contribution >= 0.6 is 0 Å². The van der Waals surface area contributed by atoms with Gasteiger partial charge in [0.15, 0.2) is 11.1 Å². The van der Waals surface area contributed by atoms with E-state index < -0.39 is 16.0 Å². The van der Waals surface area contributed by atoms with E-state index in [2.05, 4.69) is 0 Å². The summed E-state index contributed by atoms with van der Waals surface area (Å²) in [5, 5.41) is 19.0. The molecular formula is C8H9NO6S. The smallest absolute Gasteiger partial charge is 0.271 e. The van der Waals surface area contributed by atoms with Crippen molar-refractivity contribution >= 4 is 16.8 Å². The quantitative estimate of drug-likeness (QED) is 0.446. The fraction of sp³-hybridized carbons (Fsp3) is 0.250. The van der Waals surface area contributed by atoms with Gasteiger partial charge in [0.05, 0.1) is 11.5 Å². The van der Waals surface area contributed by atoms with E-state index in [4.69, 9.17) is 14.4 Å². The van der Waals surface area contributed by atoms with E-state index >= 15 is 0 Å². The fourth-order valence-corrected chi connectivity index (χ4v) is 1.54. The highest BCUT2D eigenvalue weighted by Crippen LogP contribution is 2.26. The van der Waals surface area contributed by atoms with Crippen molar-refractivity contribution in [3.63, 3.8) is 0 Å². The average Bonchev–Trinajstić information content (AvgIpc) is 2.25. The van der Waals surface area contributed by atoms with E-state index in [0.717, 1.165) is 12.1 Å². The van der Waals surface area contributed by atoms with Crippen molar-refractivity contribution in [1.82, 2.24) is 0 Å². The molecule has 0 aromatic heterocycles. The van der Waals surface area contributed by atoms with Gasteiger partial charge in [0.2, 0.25) is 0 Å². The van der Waals surface area contributed by atoms with Crippen LogP contribution in [0.4, 0.5) is 5.69 Å². The van der Waals surface area contributed by atoms with Gasteiger partial charge in [-0.25, -0.2) is 4.21 Å². The van der Waals surface area contributed by atoms with Gasteiger partial charge in [-0.05, 0) is 6.07 Å². The minimum absolute atomic E-state index is 0.0421. The van der Waals surface area contributed by atoms with Crippen molar-refractivity contribution in [3.05, 3.63) is 28.3 Å². The zero-order chi connectivity index (χ0) is 12.1. The van der Waals surface area contributed by atoms with Crippen LogP contribution in [-0.2, 0) is 11.1 Å². The molecule has 0 radical (unpaired) electrons. The van der Waals surface area contributed by atoms with Crippen LogP contribution in [0.15, 0.2) is 23.1 Å². The summed E-state index contributed by atoms with van der Waals surface area (Å²) in [7, 11) is 0. The lowest BCUT2D eigenvalue weighted by atomic mass is 10.3. The Balaban J connectivity index is 3.09. The molecule has 0 aliphatic rings. The lowest BCUT2D eigenvalue weighted by Crippen LogP contribution is -2.05. The standard InChI is InChI=1S/C8H9NO6S/c10-3-4-15-7-2-1-6(9(11)12)5-8(7)16(13)14/h1-2,5,10H,3-4H2,(H,13,14). The minimum Gasteiger partial charge on any atom is -0.490 e. The van der Waals surface area contributed by atoms with E-state index in [1.54, 1.807) is 0 Å². The number of ether oxygens (including phenoxy) is 1. The van der Waals surface area contributed by atoms with Crippen molar-refractivity contribution in [2.24, 2.45) is 0 Å². The number of nitro benzene ring substituents is 1. The predicted octanol–water partition coefficient (Wildman–Crippen LogP) is 0.546. The predicted molar refractivity (Wildman–Crippen MR) is 54.7 cm³/mol. The zero-order valence-electron chi connectivity index (χ0n) is 8.03. The third-order valence-electron chi connectivity index (χ3n) is 1.68. The molecule has 16 heavy (non-hydrogen) atoms. The van der Waals surface area contributed by atoms with Gasteiger partial charge >= 0.3 is 0 Å². The second-order valence-corrected chi connectivity index (χ2v) is 3.65. The Morgan fingerprint density at radius 3 is 2.69 bits per heavy atom. The molecule has 1 atom stereocenters. The highest BCUT2D eigenvalue weighted by Gasteiger charge is 2.15. The number of benzene rings is 1. The molecule has 0 saturated carbocycles. The third-order valence-corrected chi connectivity index (χ3v) is 2.37. The summed E-state index contributed by atoms with van der Waals surface area (Å²) >= 11 is -2.38. The molecule has 8 heteroatoms. The highest BCUT2D eigenvalue weighted by molar-refractivity contribution is 7.79. The minimum atomic E-state index is -2.38. The number of aliphatic hydroxyl groups excluding tert-OH is 1. The Hall–Kier alpha value is -1.51. The van der Waals surface area contributed by atoms with Crippen molar-refractivity contribution in [2.75, 3.05) is 13.2 Å². The van der Waals surface area contributed by atoms with E-state index in [0.29, 0.717) is 0 Å². The first-order valence-electron chi connectivity index (χ1n) is 4.19. The van der Waals surface area contributed by atoms with Crippen molar-refractivity contribution in [3.8, 4) is 5.75 Å². The van der Waals surface area contributed by atoms with Crippen LogP contribution in [0.1, 0.15) is 0 Å². The molecule has 7 nitrogen and oxygen atoms in total. The van der Waals surface area contributed by atoms with Crippen LogP contribution < -0.4 is 4.74 Å².